The van der Waals surface area contributed by atoms with E-state index in [4.69, 9.17) is 15.2 Å². The van der Waals surface area contributed by atoms with Gasteiger partial charge in [-0.2, -0.15) is 0 Å². The minimum absolute atomic E-state index is 0.191. The first-order chi connectivity index (χ1) is 8.69. The Hall–Kier alpha value is -0.650. The Morgan fingerprint density at radius 2 is 2.28 bits per heavy atom. The Morgan fingerprint density at radius 3 is 2.78 bits per heavy atom. The molecule has 1 aliphatic carbocycles. The second-order valence-electron chi connectivity index (χ2n) is 5.29. The number of likely N-dealkylation sites (N-methyl/N-ethyl adjacent to an activating group) is 1. The maximum absolute atomic E-state index is 11.8. The van der Waals surface area contributed by atoms with E-state index < -0.39 is 5.54 Å². The Bertz CT molecular complexity index is 288. The molecular weight excluding hydrogens is 232 g/mol. The quantitative estimate of drug-likeness (QED) is 0.660. The van der Waals surface area contributed by atoms with Crippen LogP contribution in [-0.4, -0.2) is 43.9 Å². The van der Waals surface area contributed by atoms with Crippen LogP contribution in [0.3, 0.4) is 0 Å². The van der Waals surface area contributed by atoms with E-state index in [-0.39, 0.29) is 12.0 Å². The van der Waals surface area contributed by atoms with Crippen LogP contribution in [0.5, 0.6) is 0 Å². The molecule has 2 unspecified atom stereocenters. The van der Waals surface area contributed by atoms with Crippen LogP contribution in [0.2, 0.25) is 0 Å². The summed E-state index contributed by atoms with van der Waals surface area (Å²) in [6, 6.07) is 0. The molecule has 1 saturated heterocycles. The molecule has 0 aromatic carbocycles. The fourth-order valence-corrected chi connectivity index (χ4v) is 2.69. The van der Waals surface area contributed by atoms with E-state index in [0.717, 1.165) is 38.8 Å². The number of carbonyl (C=O) groups is 1. The lowest BCUT2D eigenvalue weighted by molar-refractivity contribution is -0.129. The molecule has 0 bridgehead atoms. The van der Waals surface area contributed by atoms with Crippen molar-refractivity contribution in [3.63, 3.8) is 0 Å². The maximum Gasteiger partial charge on any atom is 0.240 e. The first-order valence-corrected chi connectivity index (χ1v) is 6.93. The number of primary amides is 1. The molecule has 1 aliphatic heterocycles. The standard InChI is InChI=1S/C13H24N2O3/c1-2-15-13(12(14)16,10-5-6-10)9-17-8-11-4-3-7-18-11/h10-11,15H,2-9H2,1H3,(H2,14,16). The lowest BCUT2D eigenvalue weighted by Crippen LogP contribution is -2.60. The number of nitrogens with one attached hydrogen (secondary N) is 1. The summed E-state index contributed by atoms with van der Waals surface area (Å²) in [5, 5.41) is 3.24. The van der Waals surface area contributed by atoms with Crippen LogP contribution in [0.4, 0.5) is 0 Å². The van der Waals surface area contributed by atoms with Crippen molar-refractivity contribution in [3.8, 4) is 0 Å². The number of hydrogen-bond donors (Lipinski definition) is 2. The molecular formula is C13H24N2O3. The summed E-state index contributed by atoms with van der Waals surface area (Å²) in [6.45, 7) is 4.46. The molecule has 2 aliphatic rings. The van der Waals surface area contributed by atoms with E-state index in [0.29, 0.717) is 19.1 Å². The molecule has 2 rings (SSSR count). The van der Waals surface area contributed by atoms with E-state index >= 15 is 0 Å². The van der Waals surface area contributed by atoms with Crippen molar-refractivity contribution in [3.05, 3.63) is 0 Å². The average Bonchev–Trinajstić information content (AvgIpc) is 3.06. The van der Waals surface area contributed by atoms with Crippen molar-refractivity contribution in [1.29, 1.82) is 0 Å². The normalized spacial score (nSPS) is 27.1. The Kier molecular flexibility index (Phi) is 4.59. The van der Waals surface area contributed by atoms with Crippen LogP contribution in [0, 0.1) is 5.92 Å². The Morgan fingerprint density at radius 1 is 1.50 bits per heavy atom. The maximum atomic E-state index is 11.8. The fourth-order valence-electron chi connectivity index (χ4n) is 2.69. The summed E-state index contributed by atoms with van der Waals surface area (Å²) < 4.78 is 11.2. The van der Waals surface area contributed by atoms with Gasteiger partial charge in [-0.05, 0) is 38.1 Å². The molecule has 2 fully saturated rings. The Labute approximate surface area is 108 Å². The van der Waals surface area contributed by atoms with E-state index in [2.05, 4.69) is 5.32 Å². The second kappa shape index (κ2) is 5.99. The largest absolute Gasteiger partial charge is 0.376 e. The van der Waals surface area contributed by atoms with Gasteiger partial charge in [0.05, 0.1) is 19.3 Å². The second-order valence-corrected chi connectivity index (χ2v) is 5.29. The van der Waals surface area contributed by atoms with Crippen LogP contribution in [-0.2, 0) is 14.3 Å². The van der Waals surface area contributed by atoms with Gasteiger partial charge in [-0.1, -0.05) is 6.92 Å². The molecule has 0 spiro atoms. The van der Waals surface area contributed by atoms with E-state index in [9.17, 15) is 4.79 Å². The van der Waals surface area contributed by atoms with E-state index in [1.807, 2.05) is 6.92 Å². The summed E-state index contributed by atoms with van der Waals surface area (Å²) in [5.41, 5.74) is 4.91. The van der Waals surface area contributed by atoms with Crippen molar-refractivity contribution < 1.29 is 14.3 Å². The van der Waals surface area contributed by atoms with Gasteiger partial charge in [0.2, 0.25) is 5.91 Å². The predicted molar refractivity (Wildman–Crippen MR) is 68.1 cm³/mol. The van der Waals surface area contributed by atoms with Crippen molar-refractivity contribution in [1.82, 2.24) is 5.32 Å². The van der Waals surface area contributed by atoms with Crippen molar-refractivity contribution in [2.24, 2.45) is 11.7 Å². The van der Waals surface area contributed by atoms with Crippen LogP contribution >= 0.6 is 0 Å². The van der Waals surface area contributed by atoms with Crippen LogP contribution in [0.15, 0.2) is 0 Å². The molecule has 1 saturated carbocycles. The lowest BCUT2D eigenvalue weighted by atomic mass is 9.93. The summed E-state index contributed by atoms with van der Waals surface area (Å²) in [6.07, 6.45) is 4.45. The molecule has 3 N–H and O–H groups in total. The predicted octanol–water partition coefficient (Wildman–Crippen LogP) is 0.426. The highest BCUT2D eigenvalue weighted by Gasteiger charge is 2.49. The molecule has 5 heteroatoms. The van der Waals surface area contributed by atoms with Gasteiger partial charge in [0.25, 0.3) is 0 Å². The van der Waals surface area contributed by atoms with Crippen LogP contribution in [0.1, 0.15) is 32.6 Å². The third-order valence-electron chi connectivity index (χ3n) is 3.86. The van der Waals surface area contributed by atoms with Crippen molar-refractivity contribution in [2.75, 3.05) is 26.4 Å². The number of carbonyl (C=O) groups excluding carboxylic acids is 1. The van der Waals surface area contributed by atoms with Crippen molar-refractivity contribution >= 4 is 5.91 Å². The molecule has 1 amide bonds. The van der Waals surface area contributed by atoms with Gasteiger partial charge in [0, 0.05) is 6.61 Å². The number of nitrogens with two attached hydrogens (primary N) is 1. The molecule has 2 atom stereocenters. The first kappa shape index (κ1) is 13.8. The van der Waals surface area contributed by atoms with Gasteiger partial charge in [-0.3, -0.25) is 4.79 Å². The molecule has 18 heavy (non-hydrogen) atoms. The molecule has 0 aromatic heterocycles. The fraction of sp³-hybridized carbons (Fsp3) is 0.923. The highest BCUT2D eigenvalue weighted by atomic mass is 16.5. The van der Waals surface area contributed by atoms with Crippen molar-refractivity contribution in [2.45, 2.75) is 44.2 Å². The highest BCUT2D eigenvalue weighted by molar-refractivity contribution is 5.85. The Balaban J connectivity index is 1.85. The molecule has 0 radical (unpaired) electrons. The van der Waals surface area contributed by atoms with Crippen LogP contribution < -0.4 is 11.1 Å². The zero-order chi connectivity index (χ0) is 13.0. The lowest BCUT2D eigenvalue weighted by Gasteiger charge is -2.31. The van der Waals surface area contributed by atoms with Gasteiger partial charge < -0.3 is 20.5 Å². The minimum atomic E-state index is -0.673. The smallest absolute Gasteiger partial charge is 0.240 e. The monoisotopic (exact) mass is 256 g/mol. The summed E-state index contributed by atoms with van der Waals surface area (Å²) >= 11 is 0. The molecule has 5 nitrogen and oxygen atoms in total. The third-order valence-corrected chi connectivity index (χ3v) is 3.86. The molecule has 0 aromatic rings. The SMILES string of the molecule is CCNC(COCC1CCCO1)(C(N)=O)C1CC1. The third kappa shape index (κ3) is 3.02. The zero-order valence-corrected chi connectivity index (χ0v) is 11.1. The van der Waals surface area contributed by atoms with Gasteiger partial charge in [0.1, 0.15) is 5.54 Å². The molecule has 1 heterocycles. The average molecular weight is 256 g/mol. The van der Waals surface area contributed by atoms with Crippen LogP contribution in [0.25, 0.3) is 0 Å². The zero-order valence-electron chi connectivity index (χ0n) is 11.1. The molecule has 104 valence electrons. The van der Waals surface area contributed by atoms with Gasteiger partial charge in [-0.15, -0.1) is 0 Å². The van der Waals surface area contributed by atoms with Gasteiger partial charge in [0.15, 0.2) is 0 Å². The summed E-state index contributed by atoms with van der Waals surface area (Å²) in [7, 11) is 0. The number of amides is 1. The number of hydrogen-bond acceptors (Lipinski definition) is 4. The first-order valence-electron chi connectivity index (χ1n) is 6.93. The van der Waals surface area contributed by atoms with E-state index in [1.165, 1.54) is 0 Å². The number of ether oxygens (including phenoxy) is 2. The topological polar surface area (TPSA) is 73.6 Å². The summed E-state index contributed by atoms with van der Waals surface area (Å²) in [5.74, 6) is 0.0404. The highest BCUT2D eigenvalue weighted by Crippen LogP contribution is 2.40. The minimum Gasteiger partial charge on any atom is -0.376 e. The summed E-state index contributed by atoms with van der Waals surface area (Å²) in [4.78, 5) is 11.8. The number of rotatable bonds is 8. The van der Waals surface area contributed by atoms with E-state index in [1.54, 1.807) is 0 Å². The van der Waals surface area contributed by atoms with Gasteiger partial charge in [-0.25, -0.2) is 0 Å². The van der Waals surface area contributed by atoms with Gasteiger partial charge >= 0.3 is 0 Å².